The molecule has 5 aromatic rings. The minimum atomic E-state index is 0.200. The number of aromatic nitrogens is 1. The molecule has 0 aliphatic rings. The fourth-order valence-electron chi connectivity index (χ4n) is 3.63. The van der Waals surface area contributed by atoms with Gasteiger partial charge in [0.2, 0.25) is 0 Å². The number of phenolic OH excluding ortho intramolecular Hbond substituents is 1. The Morgan fingerprint density at radius 2 is 1.54 bits per heavy atom. The molecule has 2 aromatic heterocycles. The molecule has 0 aliphatic heterocycles. The van der Waals surface area contributed by atoms with Gasteiger partial charge in [-0.3, -0.25) is 0 Å². The largest absolute Gasteiger partial charge is 0.508 e. The van der Waals surface area contributed by atoms with Crippen LogP contribution < -0.4 is 4.74 Å². The van der Waals surface area contributed by atoms with Crippen molar-refractivity contribution in [2.75, 3.05) is 0 Å². The number of ether oxygens (including phenoxy) is 1. The van der Waals surface area contributed by atoms with Crippen LogP contribution in [0.25, 0.3) is 27.2 Å². The van der Waals surface area contributed by atoms with Crippen molar-refractivity contribution in [2.24, 2.45) is 0 Å². The Kier molecular flexibility index (Phi) is 3.32. The molecule has 126 valence electrons. The molecule has 3 aromatic carbocycles. The van der Waals surface area contributed by atoms with Crippen LogP contribution in [0.4, 0.5) is 0 Å². The van der Waals surface area contributed by atoms with Crippen LogP contribution >= 0.6 is 0 Å². The van der Waals surface area contributed by atoms with Gasteiger partial charge < -0.3 is 14.2 Å². The van der Waals surface area contributed by atoms with Gasteiger partial charge in [-0.25, -0.2) is 0 Å². The fourth-order valence-corrected chi connectivity index (χ4v) is 3.63. The molecule has 0 spiro atoms. The molecule has 0 fully saturated rings. The van der Waals surface area contributed by atoms with Crippen LogP contribution in [-0.4, -0.2) is 9.51 Å². The monoisotopic (exact) mass is 339 g/mol. The van der Waals surface area contributed by atoms with Crippen LogP contribution in [0.15, 0.2) is 85.1 Å². The molecule has 26 heavy (non-hydrogen) atoms. The lowest BCUT2D eigenvalue weighted by molar-refractivity contribution is 0.308. The molecule has 0 bridgehead atoms. The quantitative estimate of drug-likeness (QED) is 0.438. The number of rotatable bonds is 3. The van der Waals surface area contributed by atoms with Gasteiger partial charge >= 0.3 is 0 Å². The second-order valence-electron chi connectivity index (χ2n) is 6.42. The first-order valence-corrected chi connectivity index (χ1v) is 8.62. The topological polar surface area (TPSA) is 33.9 Å². The highest BCUT2D eigenvalue weighted by atomic mass is 16.5. The molecule has 2 heterocycles. The maximum atomic E-state index is 10.3. The lowest BCUT2D eigenvalue weighted by Crippen LogP contribution is -1.98. The number of hydrogen-bond acceptors (Lipinski definition) is 2. The zero-order chi connectivity index (χ0) is 17.5. The molecule has 3 nitrogen and oxygen atoms in total. The zero-order valence-electron chi connectivity index (χ0n) is 14.1. The number of pyridine rings is 1. The SMILES string of the molecule is Oc1cc(OCc2ccccc2)c2c3ccccc3c3cccn3c2c1. The van der Waals surface area contributed by atoms with Crippen LogP contribution in [-0.2, 0) is 6.61 Å². The summed E-state index contributed by atoms with van der Waals surface area (Å²) in [4.78, 5) is 0. The van der Waals surface area contributed by atoms with Crippen molar-refractivity contribution in [3.8, 4) is 11.5 Å². The summed E-state index contributed by atoms with van der Waals surface area (Å²) in [5.41, 5.74) is 3.15. The second-order valence-corrected chi connectivity index (χ2v) is 6.42. The molecular formula is C23H17NO2. The maximum Gasteiger partial charge on any atom is 0.133 e. The van der Waals surface area contributed by atoms with E-state index in [1.807, 2.05) is 54.7 Å². The summed E-state index contributed by atoms with van der Waals surface area (Å²) in [6.45, 7) is 0.456. The van der Waals surface area contributed by atoms with Gasteiger partial charge in [-0.05, 0) is 23.1 Å². The van der Waals surface area contributed by atoms with Gasteiger partial charge in [0.15, 0.2) is 0 Å². The molecule has 0 aliphatic carbocycles. The van der Waals surface area contributed by atoms with Gasteiger partial charge in [0.1, 0.15) is 18.1 Å². The lowest BCUT2D eigenvalue weighted by atomic mass is 10.0. The van der Waals surface area contributed by atoms with E-state index in [2.05, 4.69) is 22.6 Å². The minimum Gasteiger partial charge on any atom is -0.508 e. The van der Waals surface area contributed by atoms with Gasteiger partial charge in [-0.2, -0.15) is 0 Å². The number of benzene rings is 3. The Bertz CT molecular complexity index is 1240. The predicted molar refractivity (Wildman–Crippen MR) is 105 cm³/mol. The smallest absolute Gasteiger partial charge is 0.133 e. The van der Waals surface area contributed by atoms with E-state index in [9.17, 15) is 5.11 Å². The molecule has 0 saturated heterocycles. The molecule has 5 rings (SSSR count). The van der Waals surface area contributed by atoms with Crippen molar-refractivity contribution in [1.82, 2.24) is 4.40 Å². The van der Waals surface area contributed by atoms with Gasteiger partial charge in [0.05, 0.1) is 11.0 Å². The Balaban J connectivity index is 1.79. The Hall–Kier alpha value is -3.46. The summed E-state index contributed by atoms with van der Waals surface area (Å²) in [5, 5.41) is 13.6. The molecule has 1 N–H and O–H groups in total. The van der Waals surface area contributed by atoms with Gasteiger partial charge in [-0.15, -0.1) is 0 Å². The molecule has 0 radical (unpaired) electrons. The fraction of sp³-hybridized carbons (Fsp3) is 0.0435. The first-order valence-electron chi connectivity index (χ1n) is 8.62. The van der Waals surface area contributed by atoms with Crippen molar-refractivity contribution >= 4 is 27.2 Å². The Morgan fingerprint density at radius 1 is 0.769 bits per heavy atom. The molecular weight excluding hydrogens is 322 g/mol. The molecule has 0 saturated carbocycles. The van der Waals surface area contributed by atoms with Crippen LogP contribution in [0.2, 0.25) is 0 Å². The first kappa shape index (κ1) is 14.8. The van der Waals surface area contributed by atoms with E-state index in [4.69, 9.17) is 4.74 Å². The summed E-state index contributed by atoms with van der Waals surface area (Å²) in [6, 6.07) is 26.0. The van der Waals surface area contributed by atoms with Crippen LogP contribution in [0, 0.1) is 0 Å². The molecule has 0 atom stereocenters. The van der Waals surface area contributed by atoms with E-state index < -0.39 is 0 Å². The van der Waals surface area contributed by atoms with Gasteiger partial charge in [0, 0.05) is 29.1 Å². The number of phenols is 1. The third-order valence-electron chi connectivity index (χ3n) is 4.78. The highest BCUT2D eigenvalue weighted by molar-refractivity contribution is 6.15. The average Bonchev–Trinajstić information content (AvgIpc) is 3.17. The van der Waals surface area contributed by atoms with Crippen molar-refractivity contribution in [3.63, 3.8) is 0 Å². The number of nitrogens with zero attached hydrogens (tertiary/aromatic N) is 1. The van der Waals surface area contributed by atoms with E-state index in [0.717, 1.165) is 27.4 Å². The van der Waals surface area contributed by atoms with E-state index >= 15 is 0 Å². The van der Waals surface area contributed by atoms with Crippen molar-refractivity contribution in [1.29, 1.82) is 0 Å². The summed E-state index contributed by atoms with van der Waals surface area (Å²) in [5.74, 6) is 0.890. The summed E-state index contributed by atoms with van der Waals surface area (Å²) < 4.78 is 8.25. The normalized spacial score (nSPS) is 11.4. The molecule has 3 heteroatoms. The Morgan fingerprint density at radius 3 is 2.38 bits per heavy atom. The van der Waals surface area contributed by atoms with Gasteiger partial charge in [0.25, 0.3) is 0 Å². The summed E-state index contributed by atoms with van der Waals surface area (Å²) in [7, 11) is 0. The van der Waals surface area contributed by atoms with Crippen LogP contribution in [0.3, 0.4) is 0 Å². The van der Waals surface area contributed by atoms with Crippen molar-refractivity contribution in [2.45, 2.75) is 6.61 Å². The highest BCUT2D eigenvalue weighted by Crippen LogP contribution is 2.38. The van der Waals surface area contributed by atoms with Crippen molar-refractivity contribution < 1.29 is 9.84 Å². The second kappa shape index (κ2) is 5.81. The third-order valence-corrected chi connectivity index (χ3v) is 4.78. The summed E-state index contributed by atoms with van der Waals surface area (Å²) in [6.07, 6.45) is 2.02. The highest BCUT2D eigenvalue weighted by Gasteiger charge is 2.14. The zero-order valence-corrected chi connectivity index (χ0v) is 14.1. The Labute approximate surface area is 150 Å². The number of hydrogen-bond donors (Lipinski definition) is 1. The number of fused-ring (bicyclic) bond motifs is 6. The van der Waals surface area contributed by atoms with E-state index in [1.54, 1.807) is 12.1 Å². The standard InChI is InChI=1S/C23H17NO2/c25-17-13-21-23(22(14-17)26-15-16-7-2-1-3-8-16)19-10-5-4-9-18(19)20-11-6-12-24(20)21/h1-14,25H,15H2. The number of aromatic hydroxyl groups is 1. The van der Waals surface area contributed by atoms with E-state index in [1.165, 1.54) is 5.39 Å². The van der Waals surface area contributed by atoms with E-state index in [0.29, 0.717) is 12.4 Å². The predicted octanol–water partition coefficient (Wildman–Crippen LogP) is 5.53. The molecule has 0 amide bonds. The third kappa shape index (κ3) is 2.29. The summed E-state index contributed by atoms with van der Waals surface area (Å²) >= 11 is 0. The van der Waals surface area contributed by atoms with Crippen molar-refractivity contribution in [3.05, 3.63) is 90.6 Å². The van der Waals surface area contributed by atoms with Gasteiger partial charge in [-0.1, -0.05) is 54.6 Å². The van der Waals surface area contributed by atoms with Crippen LogP contribution in [0.5, 0.6) is 11.5 Å². The lowest BCUT2D eigenvalue weighted by Gasteiger charge is -2.15. The molecule has 0 unspecified atom stereocenters. The maximum absolute atomic E-state index is 10.3. The minimum absolute atomic E-state index is 0.200. The average molecular weight is 339 g/mol. The first-order chi connectivity index (χ1) is 12.8. The van der Waals surface area contributed by atoms with Crippen LogP contribution in [0.1, 0.15) is 5.56 Å². The van der Waals surface area contributed by atoms with E-state index in [-0.39, 0.29) is 5.75 Å².